The lowest BCUT2D eigenvalue weighted by Gasteiger charge is -2.10. The largest absolute Gasteiger partial charge is 0.492 e. The van der Waals surface area contributed by atoms with Crippen molar-refractivity contribution < 1.29 is 13.5 Å². The zero-order chi connectivity index (χ0) is 13.7. The van der Waals surface area contributed by atoms with Crippen LogP contribution in [0.3, 0.4) is 0 Å². The van der Waals surface area contributed by atoms with Gasteiger partial charge in [0.2, 0.25) is 0 Å². The van der Waals surface area contributed by atoms with Crippen LogP contribution >= 0.6 is 15.9 Å². The molecule has 5 heteroatoms. The molecule has 2 nitrogen and oxygen atoms in total. The summed E-state index contributed by atoms with van der Waals surface area (Å²) < 4.78 is 33.0. The van der Waals surface area contributed by atoms with E-state index in [1.54, 1.807) is 0 Å². The molecule has 0 aliphatic carbocycles. The van der Waals surface area contributed by atoms with E-state index in [-0.39, 0.29) is 5.69 Å². The molecule has 100 valence electrons. The molecular weight excluding hydrogens is 316 g/mol. The van der Waals surface area contributed by atoms with Crippen LogP contribution in [0.1, 0.15) is 0 Å². The van der Waals surface area contributed by atoms with Crippen LogP contribution in [0.15, 0.2) is 46.9 Å². The van der Waals surface area contributed by atoms with Crippen LogP contribution in [0.5, 0.6) is 5.75 Å². The first-order chi connectivity index (χ1) is 9.16. The number of anilines is 1. The normalized spacial score (nSPS) is 10.3. The molecule has 0 atom stereocenters. The molecule has 2 aromatic rings. The van der Waals surface area contributed by atoms with Crippen LogP contribution in [-0.4, -0.2) is 13.2 Å². The van der Waals surface area contributed by atoms with Gasteiger partial charge in [0, 0.05) is 11.0 Å². The fourth-order valence-corrected chi connectivity index (χ4v) is 1.95. The third-order valence-electron chi connectivity index (χ3n) is 2.43. The molecule has 0 aliphatic heterocycles. The molecule has 0 saturated carbocycles. The second-order valence-electron chi connectivity index (χ2n) is 3.83. The summed E-state index contributed by atoms with van der Waals surface area (Å²) in [5, 5.41) is 2.68. The van der Waals surface area contributed by atoms with Crippen molar-refractivity contribution in [3.05, 3.63) is 58.6 Å². The minimum absolute atomic E-state index is 0.125. The Bertz CT molecular complexity index is 543. The number of para-hydroxylation sites is 1. The third-order valence-corrected chi connectivity index (χ3v) is 2.92. The number of nitrogens with one attached hydrogen (secondary N) is 1. The van der Waals surface area contributed by atoms with E-state index in [2.05, 4.69) is 21.2 Å². The topological polar surface area (TPSA) is 21.3 Å². The maximum atomic E-state index is 13.3. The first-order valence-corrected chi connectivity index (χ1v) is 6.52. The molecule has 0 spiro atoms. The Labute approximate surface area is 118 Å². The van der Waals surface area contributed by atoms with Crippen molar-refractivity contribution in [3.63, 3.8) is 0 Å². The van der Waals surface area contributed by atoms with Gasteiger partial charge in [-0.1, -0.05) is 28.1 Å². The Balaban J connectivity index is 1.84. The molecule has 19 heavy (non-hydrogen) atoms. The van der Waals surface area contributed by atoms with Crippen molar-refractivity contribution in [3.8, 4) is 5.75 Å². The molecule has 1 N–H and O–H groups in total. The lowest BCUT2D eigenvalue weighted by molar-refractivity contribution is 0.332. The summed E-state index contributed by atoms with van der Waals surface area (Å²) >= 11 is 3.33. The summed E-state index contributed by atoms with van der Waals surface area (Å²) in [5.74, 6) is -0.518. The van der Waals surface area contributed by atoms with E-state index in [0.717, 1.165) is 4.47 Å². The number of halogens is 3. The van der Waals surface area contributed by atoms with Gasteiger partial charge in [0.1, 0.15) is 29.7 Å². The van der Waals surface area contributed by atoms with Crippen LogP contribution in [-0.2, 0) is 0 Å². The van der Waals surface area contributed by atoms with Gasteiger partial charge in [-0.05, 0) is 30.3 Å². The van der Waals surface area contributed by atoms with Gasteiger partial charge >= 0.3 is 0 Å². The average Bonchev–Trinajstić information content (AvgIpc) is 2.37. The summed E-state index contributed by atoms with van der Waals surface area (Å²) in [6, 6.07) is 11.1. The molecule has 0 saturated heterocycles. The highest BCUT2D eigenvalue weighted by atomic mass is 79.9. The van der Waals surface area contributed by atoms with Crippen LogP contribution in [0.25, 0.3) is 0 Å². The molecule has 0 aromatic heterocycles. The van der Waals surface area contributed by atoms with E-state index in [1.165, 1.54) is 18.2 Å². The van der Waals surface area contributed by atoms with E-state index < -0.39 is 11.6 Å². The molecule has 2 rings (SSSR count). The summed E-state index contributed by atoms with van der Waals surface area (Å²) in [5.41, 5.74) is -0.125. The van der Waals surface area contributed by atoms with Gasteiger partial charge in [-0.25, -0.2) is 8.78 Å². The molecule has 0 aliphatic rings. The van der Waals surface area contributed by atoms with E-state index in [4.69, 9.17) is 4.74 Å². The standard InChI is InChI=1S/C14H12BrF2NO/c15-10-3-1-4-11(9-10)19-8-7-18-14-12(16)5-2-6-13(14)17/h1-6,9,18H,7-8H2. The van der Waals surface area contributed by atoms with Crippen LogP contribution in [0.2, 0.25) is 0 Å². The SMILES string of the molecule is Fc1cccc(F)c1NCCOc1cccc(Br)c1. The lowest BCUT2D eigenvalue weighted by atomic mass is 10.3. The number of benzene rings is 2. The molecular formula is C14H12BrF2NO. The van der Waals surface area contributed by atoms with Crippen molar-refractivity contribution >= 4 is 21.6 Å². The maximum Gasteiger partial charge on any atom is 0.149 e. The molecule has 0 unspecified atom stereocenters. The quantitative estimate of drug-likeness (QED) is 0.830. The highest BCUT2D eigenvalue weighted by Gasteiger charge is 2.06. The number of hydrogen-bond donors (Lipinski definition) is 1. The Hall–Kier alpha value is -1.62. The summed E-state index contributed by atoms with van der Waals surface area (Å²) in [4.78, 5) is 0. The first-order valence-electron chi connectivity index (χ1n) is 5.73. The van der Waals surface area contributed by atoms with Gasteiger partial charge in [-0.3, -0.25) is 0 Å². The third kappa shape index (κ3) is 3.92. The van der Waals surface area contributed by atoms with Crippen molar-refractivity contribution in [2.45, 2.75) is 0 Å². The average molecular weight is 328 g/mol. The van der Waals surface area contributed by atoms with E-state index in [1.807, 2.05) is 24.3 Å². The highest BCUT2D eigenvalue weighted by Crippen LogP contribution is 2.19. The molecule has 2 aromatic carbocycles. The Morgan fingerprint density at radius 1 is 1.05 bits per heavy atom. The zero-order valence-corrected chi connectivity index (χ0v) is 11.6. The second-order valence-corrected chi connectivity index (χ2v) is 4.74. The molecule has 0 heterocycles. The Morgan fingerprint density at radius 2 is 1.74 bits per heavy atom. The Kier molecular flexibility index (Phi) is 4.74. The second kappa shape index (κ2) is 6.52. The van der Waals surface area contributed by atoms with Crippen molar-refractivity contribution in [1.29, 1.82) is 0 Å². The van der Waals surface area contributed by atoms with Gasteiger partial charge < -0.3 is 10.1 Å². The maximum absolute atomic E-state index is 13.3. The minimum atomic E-state index is -0.609. The smallest absolute Gasteiger partial charge is 0.149 e. The molecule has 0 radical (unpaired) electrons. The van der Waals surface area contributed by atoms with Crippen LogP contribution in [0, 0.1) is 11.6 Å². The molecule has 0 fully saturated rings. The summed E-state index contributed by atoms with van der Waals surface area (Å²) in [6.07, 6.45) is 0. The predicted molar refractivity (Wildman–Crippen MR) is 74.5 cm³/mol. The minimum Gasteiger partial charge on any atom is -0.492 e. The van der Waals surface area contributed by atoms with E-state index in [9.17, 15) is 8.78 Å². The summed E-state index contributed by atoms with van der Waals surface area (Å²) in [7, 11) is 0. The first kappa shape index (κ1) is 13.8. The van der Waals surface area contributed by atoms with Gasteiger partial charge in [-0.2, -0.15) is 0 Å². The van der Waals surface area contributed by atoms with Crippen LogP contribution in [0.4, 0.5) is 14.5 Å². The fraction of sp³-hybridized carbons (Fsp3) is 0.143. The Morgan fingerprint density at radius 3 is 2.42 bits per heavy atom. The van der Waals surface area contributed by atoms with Crippen molar-refractivity contribution in [2.24, 2.45) is 0 Å². The van der Waals surface area contributed by atoms with Crippen molar-refractivity contribution in [1.82, 2.24) is 0 Å². The molecule has 0 bridgehead atoms. The van der Waals surface area contributed by atoms with Gasteiger partial charge in [0.15, 0.2) is 0 Å². The number of ether oxygens (including phenoxy) is 1. The zero-order valence-electron chi connectivity index (χ0n) is 10.00. The van der Waals surface area contributed by atoms with Crippen molar-refractivity contribution in [2.75, 3.05) is 18.5 Å². The van der Waals surface area contributed by atoms with E-state index >= 15 is 0 Å². The molecule has 0 amide bonds. The monoisotopic (exact) mass is 327 g/mol. The lowest BCUT2D eigenvalue weighted by Crippen LogP contribution is -2.13. The predicted octanol–water partition coefficient (Wildman–Crippen LogP) is 4.22. The van der Waals surface area contributed by atoms with Crippen LogP contribution < -0.4 is 10.1 Å². The van der Waals surface area contributed by atoms with Gasteiger partial charge in [0.25, 0.3) is 0 Å². The van der Waals surface area contributed by atoms with Gasteiger partial charge in [0.05, 0.1) is 0 Å². The number of hydrogen-bond acceptors (Lipinski definition) is 2. The van der Waals surface area contributed by atoms with E-state index in [0.29, 0.717) is 18.9 Å². The van der Waals surface area contributed by atoms with Gasteiger partial charge in [-0.15, -0.1) is 0 Å². The highest BCUT2D eigenvalue weighted by molar-refractivity contribution is 9.10. The summed E-state index contributed by atoms with van der Waals surface area (Å²) in [6.45, 7) is 0.620. The fourth-order valence-electron chi connectivity index (χ4n) is 1.57. The number of rotatable bonds is 5.